The highest BCUT2D eigenvalue weighted by atomic mass is 16.5. The van der Waals surface area contributed by atoms with Crippen molar-refractivity contribution >= 4 is 22.6 Å². The highest BCUT2D eigenvalue weighted by Crippen LogP contribution is 2.24. The lowest BCUT2D eigenvalue weighted by Crippen LogP contribution is -2.43. The zero-order valence-electron chi connectivity index (χ0n) is 12.4. The molecule has 21 heavy (non-hydrogen) atoms. The SMILES string of the molecule is Cc1nc2cc(N)ccc2n1C(C)C(=O)N1CCOCC1. The number of carbonyl (C=O) groups excluding carboxylic acids is 1. The van der Waals surface area contributed by atoms with E-state index in [4.69, 9.17) is 10.5 Å². The molecule has 6 nitrogen and oxygen atoms in total. The van der Waals surface area contributed by atoms with E-state index in [0.717, 1.165) is 16.9 Å². The van der Waals surface area contributed by atoms with Gasteiger partial charge in [0.2, 0.25) is 5.91 Å². The van der Waals surface area contributed by atoms with Gasteiger partial charge in [0.05, 0.1) is 24.2 Å². The quantitative estimate of drug-likeness (QED) is 0.847. The van der Waals surface area contributed by atoms with E-state index in [2.05, 4.69) is 4.98 Å². The van der Waals surface area contributed by atoms with Crippen LogP contribution >= 0.6 is 0 Å². The number of fused-ring (bicyclic) bond motifs is 1. The zero-order chi connectivity index (χ0) is 15.0. The van der Waals surface area contributed by atoms with Crippen LogP contribution in [0.15, 0.2) is 18.2 Å². The minimum atomic E-state index is -0.281. The molecule has 1 atom stereocenters. The summed E-state index contributed by atoms with van der Waals surface area (Å²) in [5.41, 5.74) is 8.25. The smallest absolute Gasteiger partial charge is 0.245 e. The summed E-state index contributed by atoms with van der Waals surface area (Å²) in [6.07, 6.45) is 0. The zero-order valence-corrected chi connectivity index (χ0v) is 12.4. The molecule has 1 aromatic heterocycles. The number of morpholine rings is 1. The predicted molar refractivity (Wildman–Crippen MR) is 81.0 cm³/mol. The third kappa shape index (κ3) is 2.47. The summed E-state index contributed by atoms with van der Waals surface area (Å²) in [6, 6.07) is 5.32. The number of nitrogen functional groups attached to an aromatic ring is 1. The van der Waals surface area contributed by atoms with Crippen molar-refractivity contribution in [3.8, 4) is 0 Å². The van der Waals surface area contributed by atoms with E-state index in [9.17, 15) is 4.79 Å². The summed E-state index contributed by atoms with van der Waals surface area (Å²) < 4.78 is 7.28. The average Bonchev–Trinajstić information content (AvgIpc) is 2.81. The standard InChI is InChI=1S/C15H20N4O2/c1-10(15(20)18-5-7-21-8-6-18)19-11(2)17-13-9-12(16)3-4-14(13)19/h3-4,9-10H,5-8,16H2,1-2H3. The molecule has 0 bridgehead atoms. The van der Waals surface area contributed by atoms with Gasteiger partial charge in [-0.25, -0.2) is 4.98 Å². The van der Waals surface area contributed by atoms with Crippen molar-refractivity contribution in [1.29, 1.82) is 0 Å². The van der Waals surface area contributed by atoms with E-state index in [1.807, 2.05) is 41.5 Å². The first-order valence-electron chi connectivity index (χ1n) is 7.18. The largest absolute Gasteiger partial charge is 0.399 e. The highest BCUT2D eigenvalue weighted by molar-refractivity contribution is 5.85. The van der Waals surface area contributed by atoms with Crippen LogP contribution in [0.4, 0.5) is 5.69 Å². The van der Waals surface area contributed by atoms with Gasteiger partial charge in [-0.05, 0) is 32.0 Å². The number of aromatic nitrogens is 2. The van der Waals surface area contributed by atoms with Crippen LogP contribution in [0.1, 0.15) is 18.8 Å². The Morgan fingerprint density at radius 1 is 1.38 bits per heavy atom. The van der Waals surface area contributed by atoms with Crippen molar-refractivity contribution in [2.75, 3.05) is 32.0 Å². The molecule has 0 radical (unpaired) electrons. The number of anilines is 1. The van der Waals surface area contributed by atoms with Crippen LogP contribution < -0.4 is 5.73 Å². The fraction of sp³-hybridized carbons (Fsp3) is 0.467. The van der Waals surface area contributed by atoms with E-state index in [-0.39, 0.29) is 11.9 Å². The van der Waals surface area contributed by atoms with E-state index in [1.165, 1.54) is 0 Å². The predicted octanol–water partition coefficient (Wildman–Crippen LogP) is 1.35. The second kappa shape index (κ2) is 5.37. The first kappa shape index (κ1) is 13.9. The third-order valence-electron chi connectivity index (χ3n) is 3.96. The summed E-state index contributed by atoms with van der Waals surface area (Å²) in [6.45, 7) is 6.36. The number of hydrogen-bond donors (Lipinski definition) is 1. The van der Waals surface area contributed by atoms with E-state index < -0.39 is 0 Å². The number of ether oxygens (including phenoxy) is 1. The molecular weight excluding hydrogens is 268 g/mol. The number of hydrogen-bond acceptors (Lipinski definition) is 4. The van der Waals surface area contributed by atoms with Gasteiger partial charge < -0.3 is 19.9 Å². The monoisotopic (exact) mass is 288 g/mol. The average molecular weight is 288 g/mol. The highest BCUT2D eigenvalue weighted by Gasteiger charge is 2.25. The number of amides is 1. The molecule has 0 spiro atoms. The minimum absolute atomic E-state index is 0.109. The normalized spacial score (nSPS) is 17.1. The number of carbonyl (C=O) groups is 1. The van der Waals surface area contributed by atoms with Crippen molar-refractivity contribution in [3.05, 3.63) is 24.0 Å². The van der Waals surface area contributed by atoms with Gasteiger partial charge in [-0.3, -0.25) is 4.79 Å². The number of benzene rings is 1. The van der Waals surface area contributed by atoms with Crippen molar-refractivity contribution in [2.24, 2.45) is 0 Å². The molecule has 3 rings (SSSR count). The lowest BCUT2D eigenvalue weighted by molar-refractivity contribution is -0.138. The third-order valence-corrected chi connectivity index (χ3v) is 3.96. The molecule has 2 N–H and O–H groups in total. The number of nitrogens with zero attached hydrogens (tertiary/aromatic N) is 3. The Kier molecular flexibility index (Phi) is 3.55. The molecule has 112 valence electrons. The maximum Gasteiger partial charge on any atom is 0.245 e. The van der Waals surface area contributed by atoms with Crippen LogP contribution in [0.3, 0.4) is 0 Å². The fourth-order valence-corrected chi connectivity index (χ4v) is 2.88. The van der Waals surface area contributed by atoms with Crippen molar-refractivity contribution in [3.63, 3.8) is 0 Å². The van der Waals surface area contributed by atoms with Crippen LogP contribution in [0.25, 0.3) is 11.0 Å². The van der Waals surface area contributed by atoms with Gasteiger partial charge in [-0.1, -0.05) is 0 Å². The van der Waals surface area contributed by atoms with Crippen molar-refractivity contribution in [1.82, 2.24) is 14.5 Å². The van der Waals surface area contributed by atoms with Gasteiger partial charge >= 0.3 is 0 Å². The Bertz CT molecular complexity index is 674. The van der Waals surface area contributed by atoms with E-state index in [1.54, 1.807) is 0 Å². The topological polar surface area (TPSA) is 73.4 Å². The minimum Gasteiger partial charge on any atom is -0.399 e. The molecular formula is C15H20N4O2. The van der Waals surface area contributed by atoms with Crippen LogP contribution in [0.5, 0.6) is 0 Å². The second-order valence-electron chi connectivity index (χ2n) is 5.39. The van der Waals surface area contributed by atoms with Crippen molar-refractivity contribution < 1.29 is 9.53 Å². The van der Waals surface area contributed by atoms with Crippen LogP contribution in [-0.4, -0.2) is 46.7 Å². The first-order chi connectivity index (χ1) is 10.1. The van der Waals surface area contributed by atoms with Gasteiger partial charge in [0.25, 0.3) is 0 Å². The van der Waals surface area contributed by atoms with E-state index >= 15 is 0 Å². The molecule has 1 fully saturated rings. The molecule has 2 heterocycles. The Hall–Kier alpha value is -2.08. The van der Waals surface area contributed by atoms with E-state index in [0.29, 0.717) is 32.0 Å². The molecule has 2 aromatic rings. The van der Waals surface area contributed by atoms with Crippen LogP contribution in [-0.2, 0) is 9.53 Å². The first-order valence-corrected chi connectivity index (χ1v) is 7.18. The maximum absolute atomic E-state index is 12.7. The molecule has 1 aromatic carbocycles. The summed E-state index contributed by atoms with van der Waals surface area (Å²) in [5, 5.41) is 0. The summed E-state index contributed by atoms with van der Waals surface area (Å²) in [7, 11) is 0. The lowest BCUT2D eigenvalue weighted by atomic mass is 10.2. The molecule has 1 saturated heterocycles. The number of aryl methyl sites for hydroxylation is 1. The molecule has 0 aliphatic carbocycles. The van der Waals surface area contributed by atoms with Crippen LogP contribution in [0, 0.1) is 6.92 Å². The van der Waals surface area contributed by atoms with Gasteiger partial charge in [0, 0.05) is 18.8 Å². The van der Waals surface area contributed by atoms with Gasteiger partial charge in [-0.2, -0.15) is 0 Å². The second-order valence-corrected chi connectivity index (χ2v) is 5.39. The van der Waals surface area contributed by atoms with Crippen LogP contribution in [0.2, 0.25) is 0 Å². The van der Waals surface area contributed by atoms with Gasteiger partial charge in [0.15, 0.2) is 0 Å². The maximum atomic E-state index is 12.7. The number of imidazole rings is 1. The molecule has 1 unspecified atom stereocenters. The summed E-state index contributed by atoms with van der Waals surface area (Å²) >= 11 is 0. The molecule has 6 heteroatoms. The Morgan fingerprint density at radius 2 is 2.10 bits per heavy atom. The Labute approximate surface area is 123 Å². The molecule has 1 aliphatic rings. The Balaban J connectivity index is 1.95. The Morgan fingerprint density at radius 3 is 2.81 bits per heavy atom. The van der Waals surface area contributed by atoms with Crippen molar-refractivity contribution in [2.45, 2.75) is 19.9 Å². The molecule has 1 amide bonds. The summed E-state index contributed by atoms with van der Waals surface area (Å²) in [5.74, 6) is 0.933. The number of rotatable bonds is 2. The number of nitrogens with two attached hydrogens (primary N) is 1. The lowest BCUT2D eigenvalue weighted by Gasteiger charge is -2.30. The van der Waals surface area contributed by atoms with Gasteiger partial charge in [0.1, 0.15) is 11.9 Å². The summed E-state index contributed by atoms with van der Waals surface area (Å²) in [4.78, 5) is 19.0. The molecule has 0 saturated carbocycles. The molecule has 1 aliphatic heterocycles. The fourth-order valence-electron chi connectivity index (χ4n) is 2.88. The van der Waals surface area contributed by atoms with Gasteiger partial charge in [-0.15, -0.1) is 0 Å².